The first-order valence-corrected chi connectivity index (χ1v) is 10.9. The van der Waals surface area contributed by atoms with Crippen LogP contribution in [0, 0.1) is 5.41 Å². The van der Waals surface area contributed by atoms with E-state index in [1.165, 1.54) is 77.0 Å². The summed E-state index contributed by atoms with van der Waals surface area (Å²) in [5.41, 5.74) is -0.451. The second-order valence-corrected chi connectivity index (χ2v) is 7.68. The molecule has 2 nitrogen and oxygen atoms in total. The lowest BCUT2D eigenvalue weighted by atomic mass is 9.76. The van der Waals surface area contributed by atoms with Gasteiger partial charge in [-0.05, 0) is 19.3 Å². The van der Waals surface area contributed by atoms with Gasteiger partial charge in [0.15, 0.2) is 0 Å². The van der Waals surface area contributed by atoms with Crippen LogP contribution in [0.4, 0.5) is 0 Å². The van der Waals surface area contributed by atoms with Crippen molar-refractivity contribution in [2.45, 2.75) is 130 Å². The minimum Gasteiger partial charge on any atom is -0.481 e. The molecule has 0 amide bonds. The molecule has 0 aromatic rings. The van der Waals surface area contributed by atoms with E-state index in [9.17, 15) is 9.90 Å². The van der Waals surface area contributed by atoms with Gasteiger partial charge in [0, 0.05) is 0 Å². The Hall–Kier alpha value is -0.530. The van der Waals surface area contributed by atoms with Crippen molar-refractivity contribution in [1.29, 1.82) is 0 Å². The Labute approximate surface area is 151 Å². The summed E-state index contributed by atoms with van der Waals surface area (Å²) in [6, 6.07) is 0. The zero-order chi connectivity index (χ0) is 18.1. The maximum atomic E-state index is 11.8. The van der Waals surface area contributed by atoms with E-state index in [0.29, 0.717) is 0 Å². The standard InChI is InChI=1S/C22H44O2/c1-4-7-9-11-12-13-14-15-16-18-20-22(6-3,21(23)24)19-17-10-8-5-2/h4-20H2,1-3H3,(H,23,24). The highest BCUT2D eigenvalue weighted by Crippen LogP contribution is 2.35. The Morgan fingerprint density at radius 3 is 1.29 bits per heavy atom. The Kier molecular flexibility index (Phi) is 15.6. The van der Waals surface area contributed by atoms with Crippen molar-refractivity contribution in [1.82, 2.24) is 0 Å². The monoisotopic (exact) mass is 340 g/mol. The number of hydrogen-bond acceptors (Lipinski definition) is 1. The van der Waals surface area contributed by atoms with Crippen molar-refractivity contribution >= 4 is 5.97 Å². The molecule has 24 heavy (non-hydrogen) atoms. The Bertz CT molecular complexity index is 288. The van der Waals surface area contributed by atoms with E-state index in [0.717, 1.165) is 32.1 Å². The summed E-state index contributed by atoms with van der Waals surface area (Å²) >= 11 is 0. The molecule has 0 fully saturated rings. The molecule has 0 aromatic heterocycles. The van der Waals surface area contributed by atoms with E-state index in [1.807, 2.05) is 0 Å². The molecule has 0 rings (SSSR count). The zero-order valence-corrected chi connectivity index (χ0v) is 16.9. The number of carboxylic acids is 1. The van der Waals surface area contributed by atoms with Crippen LogP contribution in [0.2, 0.25) is 0 Å². The van der Waals surface area contributed by atoms with E-state index < -0.39 is 11.4 Å². The topological polar surface area (TPSA) is 37.3 Å². The molecule has 0 bridgehead atoms. The third-order valence-electron chi connectivity index (χ3n) is 5.65. The van der Waals surface area contributed by atoms with Crippen molar-refractivity contribution < 1.29 is 9.90 Å². The number of aliphatic carboxylic acids is 1. The fourth-order valence-corrected chi connectivity index (χ4v) is 3.68. The summed E-state index contributed by atoms with van der Waals surface area (Å²) < 4.78 is 0. The zero-order valence-electron chi connectivity index (χ0n) is 16.9. The van der Waals surface area contributed by atoms with Gasteiger partial charge >= 0.3 is 5.97 Å². The summed E-state index contributed by atoms with van der Waals surface area (Å²) in [4.78, 5) is 11.8. The normalized spacial score (nSPS) is 13.8. The first-order valence-electron chi connectivity index (χ1n) is 10.9. The van der Waals surface area contributed by atoms with Crippen LogP contribution in [0.3, 0.4) is 0 Å². The molecule has 0 aliphatic rings. The van der Waals surface area contributed by atoms with Gasteiger partial charge in [-0.2, -0.15) is 0 Å². The Balaban J connectivity index is 3.84. The second kappa shape index (κ2) is 16.0. The quantitative estimate of drug-likeness (QED) is 0.259. The molecule has 1 atom stereocenters. The van der Waals surface area contributed by atoms with Crippen LogP contribution < -0.4 is 0 Å². The lowest BCUT2D eigenvalue weighted by Crippen LogP contribution is -2.30. The number of unbranched alkanes of at least 4 members (excludes halogenated alkanes) is 12. The molecular weight excluding hydrogens is 296 g/mol. The second-order valence-electron chi connectivity index (χ2n) is 7.68. The van der Waals surface area contributed by atoms with Gasteiger partial charge in [0.25, 0.3) is 0 Å². The van der Waals surface area contributed by atoms with Crippen molar-refractivity contribution in [3.05, 3.63) is 0 Å². The van der Waals surface area contributed by atoms with Crippen LogP contribution >= 0.6 is 0 Å². The predicted octanol–water partition coefficient (Wildman–Crippen LogP) is 7.75. The van der Waals surface area contributed by atoms with Gasteiger partial charge in [-0.25, -0.2) is 0 Å². The fourth-order valence-electron chi connectivity index (χ4n) is 3.68. The van der Waals surface area contributed by atoms with Gasteiger partial charge < -0.3 is 5.11 Å². The molecule has 0 radical (unpaired) electrons. The van der Waals surface area contributed by atoms with E-state index in [4.69, 9.17) is 0 Å². The van der Waals surface area contributed by atoms with Gasteiger partial charge in [0.2, 0.25) is 0 Å². The average Bonchev–Trinajstić information content (AvgIpc) is 2.58. The van der Waals surface area contributed by atoms with Crippen LogP contribution in [0.25, 0.3) is 0 Å². The Morgan fingerprint density at radius 1 is 0.625 bits per heavy atom. The third-order valence-corrected chi connectivity index (χ3v) is 5.65. The van der Waals surface area contributed by atoms with Gasteiger partial charge in [-0.3, -0.25) is 4.79 Å². The van der Waals surface area contributed by atoms with Gasteiger partial charge in [-0.15, -0.1) is 0 Å². The molecule has 1 unspecified atom stereocenters. The van der Waals surface area contributed by atoms with Crippen molar-refractivity contribution in [2.75, 3.05) is 0 Å². The van der Waals surface area contributed by atoms with Crippen LogP contribution in [0.5, 0.6) is 0 Å². The molecule has 144 valence electrons. The highest BCUT2D eigenvalue weighted by atomic mass is 16.4. The summed E-state index contributed by atoms with van der Waals surface area (Å²) in [6.45, 7) is 6.52. The molecule has 0 spiro atoms. The molecule has 0 aliphatic carbocycles. The first kappa shape index (κ1) is 23.5. The lowest BCUT2D eigenvalue weighted by molar-refractivity contribution is -0.150. The van der Waals surface area contributed by atoms with Crippen molar-refractivity contribution in [2.24, 2.45) is 5.41 Å². The first-order chi connectivity index (χ1) is 11.6. The van der Waals surface area contributed by atoms with Gasteiger partial charge in [0.1, 0.15) is 0 Å². The molecule has 0 heterocycles. The lowest BCUT2D eigenvalue weighted by Gasteiger charge is -2.28. The van der Waals surface area contributed by atoms with Crippen molar-refractivity contribution in [3.63, 3.8) is 0 Å². The van der Waals surface area contributed by atoms with E-state index >= 15 is 0 Å². The summed E-state index contributed by atoms with van der Waals surface area (Å²) in [5.74, 6) is -0.558. The molecule has 0 aromatic carbocycles. The van der Waals surface area contributed by atoms with Crippen LogP contribution in [0.15, 0.2) is 0 Å². The highest BCUT2D eigenvalue weighted by molar-refractivity contribution is 5.74. The third kappa shape index (κ3) is 11.1. The van der Waals surface area contributed by atoms with Crippen molar-refractivity contribution in [3.8, 4) is 0 Å². The van der Waals surface area contributed by atoms with E-state index in [-0.39, 0.29) is 0 Å². The van der Waals surface area contributed by atoms with Crippen LogP contribution in [-0.4, -0.2) is 11.1 Å². The van der Waals surface area contributed by atoms with E-state index in [2.05, 4.69) is 20.8 Å². The van der Waals surface area contributed by atoms with Gasteiger partial charge in [0.05, 0.1) is 5.41 Å². The molecule has 2 heteroatoms. The number of rotatable bonds is 18. The SMILES string of the molecule is CCCCCCCCCCCCC(CC)(CCCCCC)C(=O)O. The molecular formula is C22H44O2. The molecule has 0 saturated carbocycles. The van der Waals surface area contributed by atoms with Crippen LogP contribution in [-0.2, 0) is 4.79 Å². The predicted molar refractivity (Wildman–Crippen MR) is 106 cm³/mol. The molecule has 0 saturated heterocycles. The highest BCUT2D eigenvalue weighted by Gasteiger charge is 2.35. The Morgan fingerprint density at radius 2 is 0.958 bits per heavy atom. The molecule has 1 N–H and O–H groups in total. The average molecular weight is 341 g/mol. The maximum absolute atomic E-state index is 11.8. The smallest absolute Gasteiger partial charge is 0.309 e. The minimum atomic E-state index is -0.558. The maximum Gasteiger partial charge on any atom is 0.309 e. The summed E-state index contributed by atoms with van der Waals surface area (Å²) in [5, 5.41) is 9.72. The largest absolute Gasteiger partial charge is 0.481 e. The minimum absolute atomic E-state index is 0.451. The van der Waals surface area contributed by atoms with Crippen LogP contribution in [0.1, 0.15) is 130 Å². The number of hydrogen-bond donors (Lipinski definition) is 1. The fraction of sp³-hybridized carbons (Fsp3) is 0.955. The number of carbonyl (C=O) groups is 1. The number of carboxylic acid groups (broad SMARTS) is 1. The summed E-state index contributed by atoms with van der Waals surface area (Å²) in [7, 11) is 0. The molecule has 0 aliphatic heterocycles. The van der Waals surface area contributed by atoms with E-state index in [1.54, 1.807) is 0 Å². The van der Waals surface area contributed by atoms with Gasteiger partial charge in [-0.1, -0.05) is 111 Å². The summed E-state index contributed by atoms with van der Waals surface area (Å²) in [6.07, 6.45) is 20.4.